The normalized spacial score (nSPS) is 20.4. The van der Waals surface area contributed by atoms with Gasteiger partial charge in [-0.25, -0.2) is 0 Å². The van der Waals surface area contributed by atoms with Gasteiger partial charge in [0.05, 0.1) is 7.11 Å². The highest BCUT2D eigenvalue weighted by Crippen LogP contribution is 2.31. The smallest absolute Gasteiger partial charge is 0.263 e. The van der Waals surface area contributed by atoms with Crippen LogP contribution in [-0.4, -0.2) is 36.1 Å². The van der Waals surface area contributed by atoms with Gasteiger partial charge in [-0.3, -0.25) is 4.79 Å². The molecule has 0 aliphatic heterocycles. The molecular weight excluding hydrogens is 326 g/mol. The van der Waals surface area contributed by atoms with Crippen molar-refractivity contribution in [1.82, 2.24) is 4.90 Å². The molecule has 1 unspecified atom stereocenters. The molecule has 1 atom stereocenters. The van der Waals surface area contributed by atoms with E-state index >= 15 is 0 Å². The second kappa shape index (κ2) is 9.29. The van der Waals surface area contributed by atoms with Crippen LogP contribution in [0, 0.1) is 0 Å². The molecule has 0 spiro atoms. The maximum Gasteiger partial charge on any atom is 0.263 e. The van der Waals surface area contributed by atoms with Crippen LogP contribution in [0.3, 0.4) is 0 Å². The van der Waals surface area contributed by atoms with Gasteiger partial charge in [0.15, 0.2) is 6.10 Å². The Bertz CT molecular complexity index is 559. The third-order valence-electron chi connectivity index (χ3n) is 5.89. The van der Waals surface area contributed by atoms with Crippen LogP contribution in [0.5, 0.6) is 11.5 Å². The molecule has 0 aromatic heterocycles. The molecular formula is C22H33NO3. The first-order valence-corrected chi connectivity index (χ1v) is 10.3. The number of carbonyl (C=O) groups excluding carboxylic acids is 1. The van der Waals surface area contributed by atoms with Crippen LogP contribution in [0.2, 0.25) is 0 Å². The monoisotopic (exact) mass is 359 g/mol. The highest BCUT2D eigenvalue weighted by atomic mass is 16.5. The van der Waals surface area contributed by atoms with E-state index < -0.39 is 6.10 Å². The summed E-state index contributed by atoms with van der Waals surface area (Å²) in [6.45, 7) is 1.89. The number of nitrogens with zero attached hydrogens (tertiary/aromatic N) is 1. The lowest BCUT2D eigenvalue weighted by Gasteiger charge is -2.42. The van der Waals surface area contributed by atoms with Gasteiger partial charge in [0.25, 0.3) is 5.91 Å². The summed E-state index contributed by atoms with van der Waals surface area (Å²) in [5.74, 6) is 1.60. The minimum atomic E-state index is -0.467. The fourth-order valence-corrected chi connectivity index (χ4v) is 4.52. The summed E-state index contributed by atoms with van der Waals surface area (Å²) in [4.78, 5) is 15.6. The van der Waals surface area contributed by atoms with Crippen LogP contribution < -0.4 is 9.47 Å². The number of methoxy groups -OCH3 is 1. The Hall–Kier alpha value is -1.71. The first kappa shape index (κ1) is 19.1. The Morgan fingerprint density at radius 2 is 1.50 bits per heavy atom. The molecule has 0 radical (unpaired) electrons. The molecule has 1 aromatic rings. The SMILES string of the molecule is COc1cccc(OC(C)C(=O)N(C2CCCCC2)C2CCCCC2)c1. The van der Waals surface area contributed by atoms with E-state index in [2.05, 4.69) is 4.90 Å². The zero-order chi connectivity index (χ0) is 18.4. The number of carbonyl (C=O) groups is 1. The molecule has 1 amide bonds. The first-order chi connectivity index (χ1) is 12.7. The molecule has 144 valence electrons. The molecule has 4 nitrogen and oxygen atoms in total. The average Bonchev–Trinajstić information content (AvgIpc) is 2.70. The molecule has 2 aliphatic carbocycles. The summed E-state index contributed by atoms with van der Waals surface area (Å²) in [6, 6.07) is 8.31. The zero-order valence-electron chi connectivity index (χ0n) is 16.3. The van der Waals surface area contributed by atoms with Gasteiger partial charge in [0, 0.05) is 18.2 Å². The van der Waals surface area contributed by atoms with Crippen molar-refractivity contribution in [3.8, 4) is 11.5 Å². The summed E-state index contributed by atoms with van der Waals surface area (Å²) in [5.41, 5.74) is 0. The molecule has 0 bridgehead atoms. The standard InChI is InChI=1S/C22H33NO3/c1-17(26-21-15-9-14-20(16-21)25-2)22(24)23(18-10-5-3-6-11-18)19-12-7-4-8-13-19/h9,14-19H,3-8,10-13H2,1-2H3. The van der Waals surface area contributed by atoms with Gasteiger partial charge >= 0.3 is 0 Å². The van der Waals surface area contributed by atoms with Crippen LogP contribution in [0.1, 0.15) is 71.1 Å². The molecule has 0 saturated heterocycles. The van der Waals surface area contributed by atoms with Crippen molar-refractivity contribution in [1.29, 1.82) is 0 Å². The maximum absolute atomic E-state index is 13.4. The highest BCUT2D eigenvalue weighted by Gasteiger charge is 2.35. The lowest BCUT2D eigenvalue weighted by atomic mass is 9.88. The minimum absolute atomic E-state index is 0.159. The summed E-state index contributed by atoms with van der Waals surface area (Å²) in [7, 11) is 1.64. The fourth-order valence-electron chi connectivity index (χ4n) is 4.52. The largest absolute Gasteiger partial charge is 0.497 e. The van der Waals surface area contributed by atoms with Crippen molar-refractivity contribution < 1.29 is 14.3 Å². The second-order valence-electron chi connectivity index (χ2n) is 7.77. The molecule has 4 heteroatoms. The summed E-state index contributed by atoms with van der Waals surface area (Å²) in [5, 5.41) is 0. The van der Waals surface area contributed by atoms with E-state index in [1.165, 1.54) is 38.5 Å². The summed E-state index contributed by atoms with van der Waals surface area (Å²) >= 11 is 0. The van der Waals surface area contributed by atoms with E-state index in [1.807, 2.05) is 31.2 Å². The lowest BCUT2D eigenvalue weighted by molar-refractivity contribution is -0.145. The molecule has 3 rings (SSSR count). The van der Waals surface area contributed by atoms with Gasteiger partial charge in [-0.2, -0.15) is 0 Å². The first-order valence-electron chi connectivity index (χ1n) is 10.3. The van der Waals surface area contributed by atoms with Crippen LogP contribution in [0.4, 0.5) is 0 Å². The van der Waals surface area contributed by atoms with E-state index in [-0.39, 0.29) is 5.91 Å². The number of amides is 1. The Morgan fingerprint density at radius 1 is 0.962 bits per heavy atom. The zero-order valence-corrected chi connectivity index (χ0v) is 16.3. The number of rotatable bonds is 6. The van der Waals surface area contributed by atoms with Gasteiger partial charge < -0.3 is 14.4 Å². The lowest BCUT2D eigenvalue weighted by Crippen LogP contribution is -2.52. The summed E-state index contributed by atoms with van der Waals surface area (Å²) < 4.78 is 11.3. The van der Waals surface area contributed by atoms with E-state index in [1.54, 1.807) is 7.11 Å². The maximum atomic E-state index is 13.4. The highest BCUT2D eigenvalue weighted by molar-refractivity contribution is 5.81. The van der Waals surface area contributed by atoms with Crippen molar-refractivity contribution in [2.75, 3.05) is 7.11 Å². The molecule has 0 heterocycles. The minimum Gasteiger partial charge on any atom is -0.497 e. The third-order valence-corrected chi connectivity index (χ3v) is 5.89. The Kier molecular flexibility index (Phi) is 6.81. The molecule has 2 aliphatic rings. The molecule has 2 fully saturated rings. The number of ether oxygens (including phenoxy) is 2. The van der Waals surface area contributed by atoms with E-state index in [0.29, 0.717) is 17.8 Å². The fraction of sp³-hybridized carbons (Fsp3) is 0.682. The van der Waals surface area contributed by atoms with Crippen LogP contribution in [0.15, 0.2) is 24.3 Å². The van der Waals surface area contributed by atoms with E-state index in [0.717, 1.165) is 31.4 Å². The number of benzene rings is 1. The van der Waals surface area contributed by atoms with Crippen LogP contribution >= 0.6 is 0 Å². The van der Waals surface area contributed by atoms with Gasteiger partial charge in [-0.1, -0.05) is 44.6 Å². The second-order valence-corrected chi connectivity index (χ2v) is 7.77. The van der Waals surface area contributed by atoms with Crippen molar-refractivity contribution in [3.05, 3.63) is 24.3 Å². The van der Waals surface area contributed by atoms with Gasteiger partial charge in [-0.15, -0.1) is 0 Å². The average molecular weight is 360 g/mol. The van der Waals surface area contributed by atoms with Crippen molar-refractivity contribution >= 4 is 5.91 Å². The molecule has 26 heavy (non-hydrogen) atoms. The number of hydrogen-bond donors (Lipinski definition) is 0. The predicted octanol–water partition coefficient (Wildman–Crippen LogP) is 4.96. The van der Waals surface area contributed by atoms with Crippen molar-refractivity contribution in [2.45, 2.75) is 89.3 Å². The van der Waals surface area contributed by atoms with Crippen molar-refractivity contribution in [3.63, 3.8) is 0 Å². The Balaban J connectivity index is 1.72. The summed E-state index contributed by atoms with van der Waals surface area (Å²) in [6.07, 6.45) is 11.7. The molecule has 0 N–H and O–H groups in total. The molecule has 1 aromatic carbocycles. The van der Waals surface area contributed by atoms with E-state index in [4.69, 9.17) is 9.47 Å². The van der Waals surface area contributed by atoms with Gasteiger partial charge in [-0.05, 0) is 44.7 Å². The third kappa shape index (κ3) is 4.72. The predicted molar refractivity (Wildman–Crippen MR) is 104 cm³/mol. The Morgan fingerprint density at radius 3 is 2.04 bits per heavy atom. The Labute approximate surface area is 157 Å². The molecule has 2 saturated carbocycles. The van der Waals surface area contributed by atoms with Gasteiger partial charge in [0.2, 0.25) is 0 Å². The van der Waals surface area contributed by atoms with Crippen LogP contribution in [0.25, 0.3) is 0 Å². The topological polar surface area (TPSA) is 38.8 Å². The van der Waals surface area contributed by atoms with E-state index in [9.17, 15) is 4.79 Å². The van der Waals surface area contributed by atoms with Gasteiger partial charge in [0.1, 0.15) is 11.5 Å². The van der Waals surface area contributed by atoms with Crippen molar-refractivity contribution in [2.24, 2.45) is 0 Å². The quantitative estimate of drug-likeness (QED) is 0.721. The number of hydrogen-bond acceptors (Lipinski definition) is 3. The van der Waals surface area contributed by atoms with Crippen LogP contribution in [-0.2, 0) is 4.79 Å².